The van der Waals surface area contributed by atoms with E-state index in [0.717, 1.165) is 38.3 Å². The van der Waals surface area contributed by atoms with Crippen molar-refractivity contribution in [2.45, 2.75) is 31.7 Å². The molecule has 1 aliphatic rings. The van der Waals surface area contributed by atoms with E-state index >= 15 is 0 Å². The summed E-state index contributed by atoms with van der Waals surface area (Å²) >= 11 is 8.97. The lowest BCUT2D eigenvalue weighted by Crippen LogP contribution is -2.30. The Morgan fingerprint density at radius 1 is 1.13 bits per heavy atom. The number of carbonyl (C=O) groups is 2. The third-order valence-corrected chi connectivity index (χ3v) is 6.94. The molecule has 162 valence electrons. The minimum atomic E-state index is -0.0827. The number of nitrogens with one attached hydrogen (secondary N) is 2. The van der Waals surface area contributed by atoms with E-state index < -0.39 is 0 Å². The molecule has 2 aromatic heterocycles. The molecule has 0 unspecified atom stereocenters. The maximum Gasteiger partial charge on any atom is 0.258 e. The van der Waals surface area contributed by atoms with Crippen LogP contribution in [0.5, 0.6) is 5.75 Å². The number of thiophene rings is 1. The Hall–Kier alpha value is -2.42. The molecule has 0 bridgehead atoms. The van der Waals surface area contributed by atoms with Crippen LogP contribution < -0.4 is 15.4 Å². The lowest BCUT2D eigenvalue weighted by atomic mass is 10.1. The average Bonchev–Trinajstić information content (AvgIpc) is 3.26. The van der Waals surface area contributed by atoms with Crippen LogP contribution in [0.25, 0.3) is 9.88 Å². The highest BCUT2D eigenvalue weighted by atomic mass is 35.5. The summed E-state index contributed by atoms with van der Waals surface area (Å²) in [4.78, 5) is 29.4. The third kappa shape index (κ3) is 6.78. The number of carbonyl (C=O) groups excluding carboxylic acids is 2. The summed E-state index contributed by atoms with van der Waals surface area (Å²) in [5.74, 6) is 0.522. The SMILES string of the molecule is O=C(Cc1csc(-c2ccc(Cl)s2)n1)NCCc1ccc(OCC(=O)NC2CC2)cc1. The molecular formula is C22H22ClN3O3S2. The van der Waals surface area contributed by atoms with Gasteiger partial charge in [0.25, 0.3) is 5.91 Å². The second-order valence-corrected chi connectivity index (χ2v) is 9.87. The quantitative estimate of drug-likeness (QED) is 0.463. The van der Waals surface area contributed by atoms with E-state index in [9.17, 15) is 9.59 Å². The molecule has 6 nitrogen and oxygen atoms in total. The molecule has 9 heteroatoms. The number of aromatic nitrogens is 1. The summed E-state index contributed by atoms with van der Waals surface area (Å²) in [6, 6.07) is 11.7. The Labute approximate surface area is 193 Å². The van der Waals surface area contributed by atoms with Gasteiger partial charge in [0.2, 0.25) is 5.91 Å². The lowest BCUT2D eigenvalue weighted by molar-refractivity contribution is -0.123. The molecule has 0 atom stereocenters. The van der Waals surface area contributed by atoms with Crippen molar-refractivity contribution in [2.75, 3.05) is 13.2 Å². The first-order valence-electron chi connectivity index (χ1n) is 10.0. The zero-order valence-electron chi connectivity index (χ0n) is 16.7. The summed E-state index contributed by atoms with van der Waals surface area (Å²) in [6.45, 7) is 0.574. The number of amides is 2. The Kier molecular flexibility index (Phi) is 7.21. The predicted octanol–water partition coefficient (Wildman–Crippen LogP) is 4.08. The van der Waals surface area contributed by atoms with Crippen molar-refractivity contribution in [3.63, 3.8) is 0 Å². The van der Waals surface area contributed by atoms with Gasteiger partial charge in [-0.3, -0.25) is 9.59 Å². The molecule has 1 saturated carbocycles. The summed E-state index contributed by atoms with van der Waals surface area (Å²) < 4.78 is 6.23. The minimum Gasteiger partial charge on any atom is -0.484 e. The molecule has 4 rings (SSSR count). The highest BCUT2D eigenvalue weighted by molar-refractivity contribution is 7.23. The van der Waals surface area contributed by atoms with E-state index in [0.29, 0.717) is 24.8 Å². The Bertz CT molecular complexity index is 1040. The van der Waals surface area contributed by atoms with E-state index in [-0.39, 0.29) is 24.8 Å². The summed E-state index contributed by atoms with van der Waals surface area (Å²) in [7, 11) is 0. The van der Waals surface area contributed by atoms with Gasteiger partial charge in [0.1, 0.15) is 10.8 Å². The molecule has 1 fully saturated rings. The highest BCUT2D eigenvalue weighted by Crippen LogP contribution is 2.32. The van der Waals surface area contributed by atoms with Crippen LogP contribution >= 0.6 is 34.3 Å². The molecular weight excluding hydrogens is 454 g/mol. The van der Waals surface area contributed by atoms with Crippen LogP contribution in [0.4, 0.5) is 0 Å². The van der Waals surface area contributed by atoms with Crippen molar-refractivity contribution in [1.82, 2.24) is 15.6 Å². The van der Waals surface area contributed by atoms with Crippen molar-refractivity contribution in [2.24, 2.45) is 0 Å². The second-order valence-electron chi connectivity index (χ2n) is 7.30. The first-order chi connectivity index (χ1) is 15.0. The van der Waals surface area contributed by atoms with E-state index in [1.54, 1.807) is 0 Å². The van der Waals surface area contributed by atoms with Crippen LogP contribution in [0, 0.1) is 0 Å². The second kappa shape index (κ2) is 10.3. The van der Waals surface area contributed by atoms with Gasteiger partial charge in [-0.05, 0) is 49.1 Å². The van der Waals surface area contributed by atoms with Gasteiger partial charge in [-0.15, -0.1) is 22.7 Å². The van der Waals surface area contributed by atoms with E-state index in [1.165, 1.54) is 22.7 Å². The van der Waals surface area contributed by atoms with Gasteiger partial charge >= 0.3 is 0 Å². The van der Waals surface area contributed by atoms with Gasteiger partial charge < -0.3 is 15.4 Å². The smallest absolute Gasteiger partial charge is 0.258 e. The van der Waals surface area contributed by atoms with Crippen LogP contribution in [-0.2, 0) is 22.4 Å². The number of ether oxygens (including phenoxy) is 1. The molecule has 2 amide bonds. The predicted molar refractivity (Wildman–Crippen MR) is 124 cm³/mol. The molecule has 31 heavy (non-hydrogen) atoms. The molecule has 0 saturated heterocycles. The third-order valence-electron chi connectivity index (χ3n) is 4.65. The van der Waals surface area contributed by atoms with Gasteiger partial charge in [-0.25, -0.2) is 4.98 Å². The van der Waals surface area contributed by atoms with Crippen LogP contribution in [0.15, 0.2) is 41.8 Å². The summed E-state index contributed by atoms with van der Waals surface area (Å²) in [5.41, 5.74) is 1.84. The lowest BCUT2D eigenvalue weighted by Gasteiger charge is -2.08. The fraction of sp³-hybridized carbons (Fsp3) is 0.318. The van der Waals surface area contributed by atoms with Gasteiger partial charge in [0.15, 0.2) is 6.61 Å². The maximum absolute atomic E-state index is 12.2. The molecule has 3 aromatic rings. The van der Waals surface area contributed by atoms with Gasteiger partial charge in [0, 0.05) is 18.0 Å². The van der Waals surface area contributed by atoms with E-state index in [2.05, 4.69) is 15.6 Å². The van der Waals surface area contributed by atoms with Crippen molar-refractivity contribution in [3.05, 3.63) is 57.4 Å². The normalized spacial score (nSPS) is 13.1. The Morgan fingerprint density at radius 3 is 2.65 bits per heavy atom. The average molecular weight is 476 g/mol. The topological polar surface area (TPSA) is 80.3 Å². The molecule has 0 spiro atoms. The highest BCUT2D eigenvalue weighted by Gasteiger charge is 2.23. The van der Waals surface area contributed by atoms with E-state index in [1.807, 2.05) is 41.8 Å². The number of hydrogen-bond donors (Lipinski definition) is 2. The van der Waals surface area contributed by atoms with Crippen molar-refractivity contribution in [3.8, 4) is 15.6 Å². The number of thiazole rings is 1. The van der Waals surface area contributed by atoms with Gasteiger partial charge in [0.05, 0.1) is 21.3 Å². The van der Waals surface area contributed by atoms with E-state index in [4.69, 9.17) is 16.3 Å². The van der Waals surface area contributed by atoms with Crippen LogP contribution in [0.3, 0.4) is 0 Å². The first kappa shape index (κ1) is 21.8. The van der Waals surface area contributed by atoms with Crippen LogP contribution in [-0.4, -0.2) is 36.0 Å². The fourth-order valence-electron chi connectivity index (χ4n) is 2.90. The molecule has 2 N–H and O–H groups in total. The van der Waals surface area contributed by atoms with Crippen LogP contribution in [0.1, 0.15) is 24.1 Å². The van der Waals surface area contributed by atoms with Crippen molar-refractivity contribution in [1.29, 1.82) is 0 Å². The zero-order valence-corrected chi connectivity index (χ0v) is 19.1. The van der Waals surface area contributed by atoms with Gasteiger partial charge in [-0.1, -0.05) is 23.7 Å². The maximum atomic E-state index is 12.2. The molecule has 0 aliphatic heterocycles. The number of rotatable bonds is 10. The summed E-state index contributed by atoms with van der Waals surface area (Å²) in [5, 5.41) is 8.61. The van der Waals surface area contributed by atoms with Crippen molar-refractivity contribution < 1.29 is 14.3 Å². The van der Waals surface area contributed by atoms with Crippen molar-refractivity contribution >= 4 is 46.1 Å². The summed E-state index contributed by atoms with van der Waals surface area (Å²) in [6.07, 6.45) is 3.09. The number of hydrogen-bond acceptors (Lipinski definition) is 6. The minimum absolute atomic E-state index is 0.0315. The number of benzene rings is 1. The molecule has 0 radical (unpaired) electrons. The molecule has 1 aliphatic carbocycles. The van der Waals surface area contributed by atoms with Crippen LogP contribution in [0.2, 0.25) is 4.34 Å². The number of nitrogens with zero attached hydrogens (tertiary/aromatic N) is 1. The standard InChI is InChI=1S/C22H22ClN3O3S2/c23-19-8-7-18(31-19)22-26-16(13-30-22)11-20(27)24-10-9-14-1-5-17(6-2-14)29-12-21(28)25-15-3-4-15/h1-2,5-8,13,15H,3-4,9-12H2,(H,24,27)(H,25,28). The monoisotopic (exact) mass is 475 g/mol. The molecule has 1 aromatic carbocycles. The fourth-order valence-corrected chi connectivity index (χ4v) is 4.84. The van der Waals surface area contributed by atoms with Gasteiger partial charge in [-0.2, -0.15) is 0 Å². The molecule has 2 heterocycles. The largest absolute Gasteiger partial charge is 0.484 e. The Morgan fingerprint density at radius 2 is 1.94 bits per heavy atom. The Balaban J connectivity index is 1.16. The number of halogens is 1. The zero-order chi connectivity index (χ0) is 21.6. The first-order valence-corrected chi connectivity index (χ1v) is 12.1.